The Hall–Kier alpha value is -3.06. The number of benzene rings is 2. The molecule has 0 radical (unpaired) electrons. The van der Waals surface area contributed by atoms with Crippen molar-refractivity contribution in [3.63, 3.8) is 0 Å². The van der Waals surface area contributed by atoms with Gasteiger partial charge in [0.05, 0.1) is 25.3 Å². The zero-order valence-electron chi connectivity index (χ0n) is 15.7. The molecule has 1 aromatic heterocycles. The van der Waals surface area contributed by atoms with Gasteiger partial charge in [-0.1, -0.05) is 30.7 Å². The Bertz CT molecular complexity index is 945. The Morgan fingerprint density at radius 3 is 2.86 bits per heavy atom. The van der Waals surface area contributed by atoms with Crippen LogP contribution in [0.15, 0.2) is 49.1 Å². The Morgan fingerprint density at radius 2 is 2.14 bits per heavy atom. The summed E-state index contributed by atoms with van der Waals surface area (Å²) in [5, 5.41) is 7.30. The average molecular weight is 401 g/mol. The Morgan fingerprint density at radius 1 is 1.29 bits per heavy atom. The van der Waals surface area contributed by atoms with Crippen molar-refractivity contribution >= 4 is 23.2 Å². The molecule has 1 amide bonds. The second-order valence-electron chi connectivity index (χ2n) is 6.09. The SMILES string of the molecule is CCCOc1c(Cl)cc(C(=O)Nc2cccc(Cn3cncn3)c2)cc1OC. The highest BCUT2D eigenvalue weighted by Gasteiger charge is 2.16. The molecule has 3 aromatic rings. The summed E-state index contributed by atoms with van der Waals surface area (Å²) >= 11 is 6.30. The predicted molar refractivity (Wildman–Crippen MR) is 107 cm³/mol. The maximum absolute atomic E-state index is 12.7. The van der Waals surface area contributed by atoms with Gasteiger partial charge >= 0.3 is 0 Å². The number of carbonyl (C=O) groups is 1. The van der Waals surface area contributed by atoms with Crippen LogP contribution in [0.3, 0.4) is 0 Å². The first-order chi connectivity index (χ1) is 13.6. The maximum atomic E-state index is 12.7. The topological polar surface area (TPSA) is 78.3 Å². The van der Waals surface area contributed by atoms with Crippen molar-refractivity contribution < 1.29 is 14.3 Å². The lowest BCUT2D eigenvalue weighted by Crippen LogP contribution is -2.13. The fraction of sp³-hybridized carbons (Fsp3) is 0.250. The number of carbonyl (C=O) groups excluding carboxylic acids is 1. The van der Waals surface area contributed by atoms with E-state index in [9.17, 15) is 4.79 Å². The Balaban J connectivity index is 1.76. The molecule has 8 heteroatoms. The Kier molecular flexibility index (Phi) is 6.49. The van der Waals surface area contributed by atoms with Crippen LogP contribution in [0.1, 0.15) is 29.3 Å². The van der Waals surface area contributed by atoms with Crippen LogP contribution >= 0.6 is 11.6 Å². The number of halogens is 1. The minimum absolute atomic E-state index is 0.292. The molecule has 2 aromatic carbocycles. The molecule has 7 nitrogen and oxygen atoms in total. The average Bonchev–Trinajstić information content (AvgIpc) is 3.19. The summed E-state index contributed by atoms with van der Waals surface area (Å²) in [6.07, 6.45) is 3.96. The smallest absolute Gasteiger partial charge is 0.255 e. The third-order valence-electron chi connectivity index (χ3n) is 3.94. The Labute approximate surface area is 168 Å². The van der Waals surface area contributed by atoms with Gasteiger partial charge in [-0.2, -0.15) is 5.10 Å². The number of amides is 1. The first-order valence-electron chi connectivity index (χ1n) is 8.83. The molecule has 1 N–H and O–H groups in total. The number of nitrogens with one attached hydrogen (secondary N) is 1. The number of nitrogens with zero attached hydrogens (tertiary/aromatic N) is 3. The summed E-state index contributed by atoms with van der Waals surface area (Å²) in [4.78, 5) is 16.6. The van der Waals surface area contributed by atoms with Crippen LogP contribution in [-0.4, -0.2) is 34.4 Å². The van der Waals surface area contributed by atoms with Crippen molar-refractivity contribution in [1.29, 1.82) is 0 Å². The second-order valence-corrected chi connectivity index (χ2v) is 6.49. The van der Waals surface area contributed by atoms with E-state index in [1.807, 2.05) is 31.2 Å². The van der Waals surface area contributed by atoms with Gasteiger partial charge in [-0.15, -0.1) is 0 Å². The van der Waals surface area contributed by atoms with E-state index in [2.05, 4.69) is 15.4 Å². The molecule has 146 valence electrons. The quantitative estimate of drug-likeness (QED) is 0.617. The zero-order valence-corrected chi connectivity index (χ0v) is 16.4. The lowest BCUT2D eigenvalue weighted by atomic mass is 10.1. The molecule has 1 heterocycles. The third kappa shape index (κ3) is 4.80. The van der Waals surface area contributed by atoms with Gasteiger partial charge in [0.25, 0.3) is 5.91 Å². The summed E-state index contributed by atoms with van der Waals surface area (Å²) in [5.74, 6) is 0.573. The number of ether oxygens (including phenoxy) is 2. The number of hydrogen-bond acceptors (Lipinski definition) is 5. The summed E-state index contributed by atoms with van der Waals surface area (Å²) in [5.41, 5.74) is 2.04. The minimum Gasteiger partial charge on any atom is -0.493 e. The fourth-order valence-corrected chi connectivity index (χ4v) is 2.91. The molecule has 0 bridgehead atoms. The summed E-state index contributed by atoms with van der Waals surface area (Å²) in [7, 11) is 1.51. The van der Waals surface area contributed by atoms with Crippen LogP contribution in [0.5, 0.6) is 11.5 Å². The van der Waals surface area contributed by atoms with E-state index in [0.717, 1.165) is 12.0 Å². The van der Waals surface area contributed by atoms with Crippen LogP contribution in [0.25, 0.3) is 0 Å². The van der Waals surface area contributed by atoms with E-state index in [0.29, 0.717) is 40.9 Å². The monoisotopic (exact) mass is 400 g/mol. The maximum Gasteiger partial charge on any atom is 0.255 e. The lowest BCUT2D eigenvalue weighted by molar-refractivity contribution is 0.102. The molecular weight excluding hydrogens is 380 g/mol. The van der Waals surface area contributed by atoms with Crippen LogP contribution in [-0.2, 0) is 6.54 Å². The summed E-state index contributed by atoms with van der Waals surface area (Å²) < 4.78 is 12.7. The van der Waals surface area contributed by atoms with Crippen LogP contribution in [0.2, 0.25) is 5.02 Å². The first kappa shape index (κ1) is 19.7. The molecule has 0 saturated carbocycles. The largest absolute Gasteiger partial charge is 0.493 e. The highest BCUT2D eigenvalue weighted by atomic mass is 35.5. The number of anilines is 1. The van der Waals surface area contributed by atoms with Gasteiger partial charge < -0.3 is 14.8 Å². The molecule has 3 rings (SSSR count). The molecule has 0 aliphatic rings. The van der Waals surface area contributed by atoms with Gasteiger partial charge in [-0.3, -0.25) is 4.79 Å². The van der Waals surface area contributed by atoms with E-state index >= 15 is 0 Å². The molecule has 0 spiro atoms. The van der Waals surface area contributed by atoms with Crippen molar-refractivity contribution in [1.82, 2.24) is 14.8 Å². The van der Waals surface area contributed by atoms with Gasteiger partial charge in [0.2, 0.25) is 0 Å². The van der Waals surface area contributed by atoms with Gasteiger partial charge in [0, 0.05) is 11.3 Å². The van der Waals surface area contributed by atoms with E-state index in [1.165, 1.54) is 13.4 Å². The molecule has 0 aliphatic heterocycles. The number of methoxy groups -OCH3 is 1. The van der Waals surface area contributed by atoms with Crippen molar-refractivity contribution in [3.8, 4) is 11.5 Å². The highest BCUT2D eigenvalue weighted by Crippen LogP contribution is 2.36. The number of hydrogen-bond donors (Lipinski definition) is 1. The molecule has 0 fully saturated rings. The zero-order chi connectivity index (χ0) is 19.9. The molecular formula is C20H21ClN4O3. The normalized spacial score (nSPS) is 10.5. The second kappa shape index (κ2) is 9.23. The lowest BCUT2D eigenvalue weighted by Gasteiger charge is -2.14. The van der Waals surface area contributed by atoms with Gasteiger partial charge in [0.15, 0.2) is 11.5 Å². The van der Waals surface area contributed by atoms with Gasteiger partial charge in [0.1, 0.15) is 12.7 Å². The summed E-state index contributed by atoms with van der Waals surface area (Å²) in [6.45, 7) is 3.08. The predicted octanol–water partition coefficient (Wildman–Crippen LogP) is 4.03. The molecule has 0 aliphatic carbocycles. The van der Waals surface area contributed by atoms with Crippen molar-refractivity contribution in [2.75, 3.05) is 19.0 Å². The van der Waals surface area contributed by atoms with Crippen LogP contribution in [0, 0.1) is 0 Å². The van der Waals surface area contributed by atoms with E-state index in [-0.39, 0.29) is 5.91 Å². The van der Waals surface area contributed by atoms with Crippen LogP contribution < -0.4 is 14.8 Å². The van der Waals surface area contributed by atoms with Gasteiger partial charge in [-0.25, -0.2) is 9.67 Å². The van der Waals surface area contributed by atoms with E-state index < -0.39 is 0 Å². The summed E-state index contributed by atoms with van der Waals surface area (Å²) in [6, 6.07) is 10.7. The molecule has 0 unspecified atom stereocenters. The molecule has 0 saturated heterocycles. The molecule has 28 heavy (non-hydrogen) atoms. The minimum atomic E-state index is -0.292. The van der Waals surface area contributed by atoms with Gasteiger partial charge in [-0.05, 0) is 36.2 Å². The third-order valence-corrected chi connectivity index (χ3v) is 4.22. The van der Waals surface area contributed by atoms with Crippen molar-refractivity contribution in [2.24, 2.45) is 0 Å². The van der Waals surface area contributed by atoms with Crippen LogP contribution in [0.4, 0.5) is 5.69 Å². The first-order valence-corrected chi connectivity index (χ1v) is 9.21. The molecule has 0 atom stereocenters. The number of aromatic nitrogens is 3. The highest BCUT2D eigenvalue weighted by molar-refractivity contribution is 6.32. The number of rotatable bonds is 8. The van der Waals surface area contributed by atoms with E-state index in [4.69, 9.17) is 21.1 Å². The standard InChI is InChI=1S/C20H21ClN4O3/c1-3-7-28-19-17(21)9-15(10-18(19)27-2)20(26)24-16-6-4-5-14(8-16)11-25-13-22-12-23-25/h4-6,8-10,12-13H,3,7,11H2,1-2H3,(H,24,26). The van der Waals surface area contributed by atoms with Crippen molar-refractivity contribution in [3.05, 3.63) is 65.2 Å². The van der Waals surface area contributed by atoms with E-state index in [1.54, 1.807) is 23.1 Å². The van der Waals surface area contributed by atoms with Crippen molar-refractivity contribution in [2.45, 2.75) is 19.9 Å². The fourth-order valence-electron chi connectivity index (χ4n) is 2.65.